The quantitative estimate of drug-likeness (QED) is 0.704. The maximum absolute atomic E-state index is 3.75. The minimum Gasteiger partial charge on any atom is -0.308 e. The fourth-order valence-corrected chi connectivity index (χ4v) is 2.46. The van der Waals surface area contributed by atoms with E-state index in [9.17, 15) is 0 Å². The third-order valence-electron chi connectivity index (χ3n) is 2.86. The summed E-state index contributed by atoms with van der Waals surface area (Å²) in [6.07, 6.45) is 2.67. The topological polar surface area (TPSA) is 6.48 Å². The summed E-state index contributed by atoms with van der Waals surface area (Å²) < 4.78 is 0. The lowest BCUT2D eigenvalue weighted by Gasteiger charge is -2.37. The molecule has 1 aliphatic rings. The predicted octanol–water partition coefficient (Wildman–Crippen LogP) is 1.80. The molecule has 0 aromatic heterocycles. The molecule has 0 aromatic rings. The normalized spacial score (nSPS) is 31.2. The molecule has 1 heterocycles. The van der Waals surface area contributed by atoms with Crippen molar-refractivity contribution in [3.63, 3.8) is 0 Å². The third kappa shape index (κ3) is 3.56. The highest BCUT2D eigenvalue weighted by molar-refractivity contribution is 9.09. The molecule has 1 rings (SSSR count). The van der Waals surface area contributed by atoms with Crippen LogP contribution in [0.15, 0.2) is 0 Å². The molecular weight excluding hydrogens is 228 g/mol. The number of likely N-dealkylation sites (tertiary alicyclic amines) is 1. The van der Waals surface area contributed by atoms with Crippen molar-refractivity contribution in [1.82, 2.24) is 9.80 Å². The summed E-state index contributed by atoms with van der Waals surface area (Å²) >= 11 is 3.75. The van der Waals surface area contributed by atoms with Crippen LogP contribution in [0.4, 0.5) is 0 Å². The van der Waals surface area contributed by atoms with Crippen LogP contribution in [0.2, 0.25) is 0 Å². The molecule has 1 fully saturated rings. The van der Waals surface area contributed by atoms with E-state index in [1.165, 1.54) is 32.5 Å². The molecule has 0 spiro atoms. The Balaban J connectivity index is 2.31. The molecule has 78 valence electrons. The zero-order valence-electron chi connectivity index (χ0n) is 8.96. The molecule has 2 unspecified atom stereocenters. The van der Waals surface area contributed by atoms with E-state index in [2.05, 4.69) is 46.7 Å². The van der Waals surface area contributed by atoms with Crippen molar-refractivity contribution in [3.05, 3.63) is 0 Å². The van der Waals surface area contributed by atoms with E-state index < -0.39 is 0 Å². The lowest BCUT2D eigenvalue weighted by molar-refractivity contribution is 0.155. The van der Waals surface area contributed by atoms with Crippen LogP contribution in [0, 0.1) is 0 Å². The van der Waals surface area contributed by atoms with Crippen molar-refractivity contribution in [2.45, 2.75) is 30.6 Å². The van der Waals surface area contributed by atoms with Crippen LogP contribution in [0.5, 0.6) is 0 Å². The van der Waals surface area contributed by atoms with E-state index in [-0.39, 0.29) is 0 Å². The molecule has 0 N–H and O–H groups in total. The number of rotatable bonds is 3. The molecule has 0 bridgehead atoms. The molecule has 0 radical (unpaired) electrons. The van der Waals surface area contributed by atoms with Gasteiger partial charge in [0.25, 0.3) is 0 Å². The van der Waals surface area contributed by atoms with Crippen LogP contribution in [0.1, 0.15) is 19.8 Å². The van der Waals surface area contributed by atoms with Crippen molar-refractivity contribution in [3.8, 4) is 0 Å². The van der Waals surface area contributed by atoms with Crippen LogP contribution in [0.25, 0.3) is 0 Å². The van der Waals surface area contributed by atoms with Gasteiger partial charge in [-0.25, -0.2) is 0 Å². The Morgan fingerprint density at radius 2 is 2.15 bits per heavy atom. The summed E-state index contributed by atoms with van der Waals surface area (Å²) in [5, 5.41) is 0. The fourth-order valence-electron chi connectivity index (χ4n) is 1.81. The molecule has 1 saturated heterocycles. The van der Waals surface area contributed by atoms with Crippen LogP contribution in [0.3, 0.4) is 0 Å². The molecular formula is C10H21BrN2. The van der Waals surface area contributed by atoms with E-state index in [1.807, 2.05) is 0 Å². The number of likely N-dealkylation sites (N-methyl/N-ethyl adjacent to an activating group) is 1. The van der Waals surface area contributed by atoms with Gasteiger partial charge in [0.05, 0.1) is 0 Å². The molecule has 13 heavy (non-hydrogen) atoms. The summed E-state index contributed by atoms with van der Waals surface area (Å²) in [5.74, 6) is 0. The summed E-state index contributed by atoms with van der Waals surface area (Å²) in [6.45, 7) is 5.98. The average Bonchev–Trinajstić information content (AvgIpc) is 2.07. The third-order valence-corrected chi connectivity index (χ3v) is 4.08. The lowest BCUT2D eigenvalue weighted by Crippen LogP contribution is -2.46. The van der Waals surface area contributed by atoms with Crippen LogP contribution < -0.4 is 0 Å². The Morgan fingerprint density at radius 1 is 1.46 bits per heavy atom. The van der Waals surface area contributed by atoms with E-state index in [1.54, 1.807) is 0 Å². The van der Waals surface area contributed by atoms with Gasteiger partial charge in [-0.05, 0) is 40.4 Å². The molecule has 1 aliphatic heterocycles. The largest absolute Gasteiger partial charge is 0.308 e. The standard InChI is InChI=1S/C10H21BrN2/c1-9-10(11)5-4-6-13(9)8-7-12(2)3/h9-10H,4-8H2,1-3H3. The summed E-state index contributed by atoms with van der Waals surface area (Å²) in [5.41, 5.74) is 0. The first kappa shape index (κ1) is 11.5. The first-order chi connectivity index (χ1) is 6.11. The predicted molar refractivity (Wildman–Crippen MR) is 61.5 cm³/mol. The number of hydrogen-bond donors (Lipinski definition) is 0. The number of alkyl halides is 1. The molecule has 2 nitrogen and oxygen atoms in total. The van der Waals surface area contributed by atoms with Crippen molar-refractivity contribution in [1.29, 1.82) is 0 Å². The van der Waals surface area contributed by atoms with Gasteiger partial charge in [-0.2, -0.15) is 0 Å². The SMILES string of the molecule is CC1C(Br)CCCN1CCN(C)C. The fraction of sp³-hybridized carbons (Fsp3) is 1.00. The van der Waals surface area contributed by atoms with Gasteiger partial charge in [0, 0.05) is 24.0 Å². The van der Waals surface area contributed by atoms with Gasteiger partial charge < -0.3 is 4.90 Å². The van der Waals surface area contributed by atoms with E-state index in [0.717, 1.165) is 0 Å². The van der Waals surface area contributed by atoms with Gasteiger partial charge in [0.1, 0.15) is 0 Å². The van der Waals surface area contributed by atoms with E-state index in [4.69, 9.17) is 0 Å². The van der Waals surface area contributed by atoms with Crippen molar-refractivity contribution in [2.24, 2.45) is 0 Å². The molecule has 0 aliphatic carbocycles. The summed E-state index contributed by atoms with van der Waals surface area (Å²) in [6, 6.07) is 0.702. The highest BCUT2D eigenvalue weighted by atomic mass is 79.9. The van der Waals surface area contributed by atoms with Crippen molar-refractivity contribution >= 4 is 15.9 Å². The Labute approximate surface area is 90.4 Å². The zero-order valence-corrected chi connectivity index (χ0v) is 10.5. The molecule has 3 heteroatoms. The molecule has 0 saturated carbocycles. The second-order valence-electron chi connectivity index (χ2n) is 4.24. The number of halogens is 1. The average molecular weight is 249 g/mol. The second kappa shape index (κ2) is 5.32. The van der Waals surface area contributed by atoms with E-state index in [0.29, 0.717) is 10.9 Å². The Kier molecular flexibility index (Phi) is 4.70. The smallest absolute Gasteiger partial charge is 0.0299 e. The lowest BCUT2D eigenvalue weighted by atomic mass is 10.0. The van der Waals surface area contributed by atoms with Gasteiger partial charge in [-0.15, -0.1) is 0 Å². The first-order valence-corrected chi connectivity index (χ1v) is 6.05. The zero-order chi connectivity index (χ0) is 9.84. The van der Waals surface area contributed by atoms with E-state index >= 15 is 0 Å². The highest BCUT2D eigenvalue weighted by Crippen LogP contribution is 2.22. The minimum absolute atomic E-state index is 0.698. The van der Waals surface area contributed by atoms with Crippen LogP contribution >= 0.6 is 15.9 Å². The van der Waals surface area contributed by atoms with Gasteiger partial charge >= 0.3 is 0 Å². The molecule has 0 aromatic carbocycles. The highest BCUT2D eigenvalue weighted by Gasteiger charge is 2.25. The van der Waals surface area contributed by atoms with Gasteiger partial charge in [0.2, 0.25) is 0 Å². The van der Waals surface area contributed by atoms with Gasteiger partial charge in [0.15, 0.2) is 0 Å². The molecule has 2 atom stereocenters. The van der Waals surface area contributed by atoms with Crippen LogP contribution in [-0.2, 0) is 0 Å². The number of piperidine rings is 1. The monoisotopic (exact) mass is 248 g/mol. The van der Waals surface area contributed by atoms with Gasteiger partial charge in [-0.3, -0.25) is 4.90 Å². The summed E-state index contributed by atoms with van der Waals surface area (Å²) in [4.78, 5) is 5.54. The maximum atomic E-state index is 3.75. The Bertz CT molecular complexity index is 150. The van der Waals surface area contributed by atoms with Crippen LogP contribution in [-0.4, -0.2) is 54.4 Å². The maximum Gasteiger partial charge on any atom is 0.0299 e. The van der Waals surface area contributed by atoms with Crippen molar-refractivity contribution in [2.75, 3.05) is 33.7 Å². The van der Waals surface area contributed by atoms with Crippen molar-refractivity contribution < 1.29 is 0 Å². The number of nitrogens with zero attached hydrogens (tertiary/aromatic N) is 2. The minimum atomic E-state index is 0.698. The summed E-state index contributed by atoms with van der Waals surface area (Å²) in [7, 11) is 4.28. The first-order valence-electron chi connectivity index (χ1n) is 5.14. The Hall–Kier alpha value is 0.400. The number of hydrogen-bond acceptors (Lipinski definition) is 2. The van der Waals surface area contributed by atoms with Gasteiger partial charge in [-0.1, -0.05) is 15.9 Å². The second-order valence-corrected chi connectivity index (χ2v) is 5.41. The Morgan fingerprint density at radius 3 is 2.77 bits per heavy atom. The molecule has 0 amide bonds.